The number of ketones is 2. The standard InChI is InChI=1S/C26H47N5O7/c1-9-16(27)22(33)23(34)30-17(10-12(2)3)24(35)31(21(14(6)7)26(37)38)25(36)20(29)15(8)11-18(32)19(28)13(4)5/h12-17,19-21H,9-11,27-29H2,1-8H3,(H,30,34)(H,37,38)/t15-,16+,17-,19+,20+,21+/m1/s1. The molecule has 0 fully saturated rings. The van der Waals surface area contributed by atoms with Gasteiger partial charge in [0.05, 0.1) is 18.1 Å². The van der Waals surface area contributed by atoms with Crippen molar-refractivity contribution in [3.05, 3.63) is 0 Å². The molecule has 0 unspecified atom stereocenters. The Hall–Kier alpha value is -2.70. The predicted octanol–water partition coefficient (Wildman–Crippen LogP) is 0.194. The van der Waals surface area contributed by atoms with Crippen molar-refractivity contribution in [2.45, 2.75) is 105 Å². The Morgan fingerprint density at radius 2 is 1.34 bits per heavy atom. The molecule has 0 radical (unpaired) electrons. The summed E-state index contributed by atoms with van der Waals surface area (Å²) in [6.07, 6.45) is 0.0588. The van der Waals surface area contributed by atoms with Crippen LogP contribution in [0.1, 0.15) is 74.7 Å². The van der Waals surface area contributed by atoms with E-state index in [0.29, 0.717) is 4.90 Å². The third-order valence-corrected chi connectivity index (χ3v) is 6.46. The fourth-order valence-corrected chi connectivity index (χ4v) is 3.88. The molecule has 0 heterocycles. The third kappa shape index (κ3) is 9.88. The van der Waals surface area contributed by atoms with Crippen molar-refractivity contribution in [1.29, 1.82) is 0 Å². The van der Waals surface area contributed by atoms with Gasteiger partial charge in [-0.2, -0.15) is 0 Å². The van der Waals surface area contributed by atoms with E-state index in [4.69, 9.17) is 17.2 Å². The first-order valence-electron chi connectivity index (χ1n) is 13.1. The number of hydrogen-bond acceptors (Lipinski definition) is 9. The maximum atomic E-state index is 13.8. The van der Waals surface area contributed by atoms with Crippen molar-refractivity contribution < 1.29 is 33.9 Å². The number of nitrogens with one attached hydrogen (secondary N) is 1. The van der Waals surface area contributed by atoms with E-state index in [0.717, 1.165) is 0 Å². The van der Waals surface area contributed by atoms with Crippen molar-refractivity contribution in [1.82, 2.24) is 10.2 Å². The van der Waals surface area contributed by atoms with E-state index in [-0.39, 0.29) is 36.9 Å². The first kappa shape index (κ1) is 35.3. The number of nitrogens with two attached hydrogens (primary N) is 3. The lowest BCUT2D eigenvalue weighted by molar-refractivity contribution is -0.162. The van der Waals surface area contributed by atoms with Crippen LogP contribution >= 0.6 is 0 Å². The topological polar surface area (TPSA) is 216 Å². The van der Waals surface area contributed by atoms with Gasteiger partial charge in [-0.1, -0.05) is 55.4 Å². The molecule has 0 aromatic carbocycles. The van der Waals surface area contributed by atoms with Crippen LogP contribution in [0.3, 0.4) is 0 Å². The lowest BCUT2D eigenvalue weighted by Gasteiger charge is -2.35. The maximum Gasteiger partial charge on any atom is 0.327 e. The summed E-state index contributed by atoms with van der Waals surface area (Å²) in [6.45, 7) is 13.3. The summed E-state index contributed by atoms with van der Waals surface area (Å²) in [5.74, 6) is -7.62. The van der Waals surface area contributed by atoms with Crippen molar-refractivity contribution >= 4 is 35.3 Å². The molecule has 0 aliphatic rings. The molecular formula is C26H47N5O7. The fourth-order valence-electron chi connectivity index (χ4n) is 3.88. The minimum Gasteiger partial charge on any atom is -0.480 e. The van der Waals surface area contributed by atoms with E-state index in [1.165, 1.54) is 13.8 Å². The second kappa shape index (κ2) is 15.6. The van der Waals surface area contributed by atoms with Crippen LogP contribution in [0.4, 0.5) is 0 Å². The Kier molecular flexibility index (Phi) is 14.5. The van der Waals surface area contributed by atoms with Crippen LogP contribution in [0.5, 0.6) is 0 Å². The van der Waals surface area contributed by atoms with Crippen molar-refractivity contribution in [3.63, 3.8) is 0 Å². The van der Waals surface area contributed by atoms with Gasteiger partial charge in [0.2, 0.25) is 11.7 Å². The number of hydrogen-bond donors (Lipinski definition) is 5. The Labute approximate surface area is 225 Å². The number of aliphatic carboxylic acids is 1. The average Bonchev–Trinajstić information content (AvgIpc) is 2.82. The number of Topliss-reactive ketones (excluding diaryl/α,β-unsaturated/α-hetero) is 2. The van der Waals surface area contributed by atoms with Gasteiger partial charge in [0.15, 0.2) is 0 Å². The first-order chi connectivity index (χ1) is 17.4. The highest BCUT2D eigenvalue weighted by atomic mass is 16.4. The summed E-state index contributed by atoms with van der Waals surface area (Å²) < 4.78 is 0. The van der Waals surface area contributed by atoms with Crippen LogP contribution in [0.2, 0.25) is 0 Å². The largest absolute Gasteiger partial charge is 0.480 e. The minimum atomic E-state index is -1.61. The van der Waals surface area contributed by atoms with Crippen LogP contribution in [0.15, 0.2) is 0 Å². The molecule has 218 valence electrons. The molecule has 6 atom stereocenters. The smallest absolute Gasteiger partial charge is 0.327 e. The predicted molar refractivity (Wildman–Crippen MR) is 142 cm³/mol. The molecule has 0 spiro atoms. The quantitative estimate of drug-likeness (QED) is 0.167. The summed E-state index contributed by atoms with van der Waals surface area (Å²) in [7, 11) is 0. The minimum absolute atomic E-state index is 0.0138. The highest BCUT2D eigenvalue weighted by molar-refractivity contribution is 6.38. The maximum absolute atomic E-state index is 13.8. The van der Waals surface area contributed by atoms with Crippen LogP contribution < -0.4 is 22.5 Å². The summed E-state index contributed by atoms with van der Waals surface area (Å²) in [5.41, 5.74) is 17.8. The normalized spacial score (nSPS) is 16.4. The van der Waals surface area contributed by atoms with Crippen LogP contribution in [-0.2, 0) is 28.8 Å². The molecule has 8 N–H and O–H groups in total. The monoisotopic (exact) mass is 541 g/mol. The zero-order valence-electron chi connectivity index (χ0n) is 23.9. The molecule has 0 aliphatic heterocycles. The molecule has 12 heteroatoms. The molecule has 0 aliphatic carbocycles. The third-order valence-electron chi connectivity index (χ3n) is 6.46. The van der Waals surface area contributed by atoms with Gasteiger partial charge in [0, 0.05) is 6.42 Å². The number of amides is 3. The molecule has 0 aromatic heterocycles. The molecule has 0 saturated carbocycles. The number of carboxylic acids is 1. The van der Waals surface area contributed by atoms with E-state index in [2.05, 4.69) is 5.32 Å². The summed E-state index contributed by atoms with van der Waals surface area (Å²) in [6, 6.07) is -6.25. The molecular weight excluding hydrogens is 494 g/mol. The summed E-state index contributed by atoms with van der Waals surface area (Å²) in [5, 5.41) is 12.3. The van der Waals surface area contributed by atoms with Crippen molar-refractivity contribution in [2.24, 2.45) is 40.9 Å². The van der Waals surface area contributed by atoms with Crippen LogP contribution in [0, 0.1) is 23.7 Å². The van der Waals surface area contributed by atoms with E-state index in [9.17, 15) is 33.9 Å². The first-order valence-corrected chi connectivity index (χ1v) is 13.1. The molecule has 3 amide bonds. The molecule has 0 bridgehead atoms. The Bertz CT molecular complexity index is 874. The second-order valence-electron chi connectivity index (χ2n) is 11.1. The van der Waals surface area contributed by atoms with Gasteiger partial charge >= 0.3 is 5.97 Å². The van der Waals surface area contributed by atoms with Gasteiger partial charge in [-0.25, -0.2) is 4.79 Å². The number of carbonyl (C=O) groups is 6. The highest BCUT2D eigenvalue weighted by Gasteiger charge is 2.43. The summed E-state index contributed by atoms with van der Waals surface area (Å²) in [4.78, 5) is 77.5. The number of imide groups is 1. The second-order valence-corrected chi connectivity index (χ2v) is 11.1. The van der Waals surface area contributed by atoms with E-state index < -0.39 is 71.5 Å². The molecule has 0 aromatic rings. The van der Waals surface area contributed by atoms with E-state index in [1.54, 1.807) is 41.5 Å². The summed E-state index contributed by atoms with van der Waals surface area (Å²) >= 11 is 0. The van der Waals surface area contributed by atoms with Gasteiger partial charge in [0.1, 0.15) is 17.9 Å². The lowest BCUT2D eigenvalue weighted by Crippen LogP contribution is -2.62. The van der Waals surface area contributed by atoms with Gasteiger partial charge in [-0.3, -0.25) is 28.9 Å². The molecule has 12 nitrogen and oxygen atoms in total. The Morgan fingerprint density at radius 1 is 0.816 bits per heavy atom. The fraction of sp³-hybridized carbons (Fsp3) is 0.769. The van der Waals surface area contributed by atoms with Gasteiger partial charge < -0.3 is 27.6 Å². The number of nitrogens with zero attached hydrogens (tertiary/aromatic N) is 1. The number of rotatable bonds is 16. The van der Waals surface area contributed by atoms with Crippen molar-refractivity contribution in [2.75, 3.05) is 0 Å². The van der Waals surface area contributed by atoms with Crippen LogP contribution in [-0.4, -0.2) is 75.5 Å². The van der Waals surface area contributed by atoms with E-state index >= 15 is 0 Å². The SMILES string of the molecule is CC[C@H](N)C(=O)C(=O)N[C@H](CC(C)C)C(=O)N(C(=O)[C@@H](N)[C@H](C)CC(=O)[C@@H](N)C(C)C)[C@H](C(=O)O)C(C)C. The lowest BCUT2D eigenvalue weighted by atomic mass is 9.89. The average molecular weight is 542 g/mol. The highest BCUT2D eigenvalue weighted by Crippen LogP contribution is 2.21. The van der Waals surface area contributed by atoms with Gasteiger partial charge in [-0.15, -0.1) is 0 Å². The van der Waals surface area contributed by atoms with Gasteiger partial charge in [0.25, 0.3) is 11.8 Å². The van der Waals surface area contributed by atoms with Gasteiger partial charge in [-0.05, 0) is 36.5 Å². The number of carboxylic acid groups (broad SMARTS) is 1. The van der Waals surface area contributed by atoms with Crippen molar-refractivity contribution in [3.8, 4) is 0 Å². The molecule has 0 saturated heterocycles. The Balaban J connectivity index is 6.38. The molecule has 0 rings (SSSR count). The Morgan fingerprint density at radius 3 is 1.74 bits per heavy atom. The zero-order chi connectivity index (χ0) is 30.1. The zero-order valence-corrected chi connectivity index (χ0v) is 23.9. The van der Waals surface area contributed by atoms with Crippen LogP contribution in [0.25, 0.3) is 0 Å². The molecule has 38 heavy (non-hydrogen) atoms. The van der Waals surface area contributed by atoms with E-state index in [1.807, 2.05) is 0 Å². The number of carbonyl (C=O) groups excluding carboxylic acids is 5.